The lowest BCUT2D eigenvalue weighted by Crippen LogP contribution is -2.52. The minimum Gasteiger partial charge on any atom is -0.460 e. The standard InChI is InChI=1S/C23H35F3O6Si/c1-20(2,3)33(7,8)30-15-18-17(31-21(4,5)32-18)14-29-19(27)22(28-6,23(24,25)26)16-12-10-9-11-13-16/h9-13,17-18H,14-15H2,1-8H3/t17-,18-,22+/m1/s1. The molecule has 0 bridgehead atoms. The summed E-state index contributed by atoms with van der Waals surface area (Å²) in [6.07, 6.45) is -6.45. The zero-order valence-corrected chi connectivity index (χ0v) is 21.5. The minimum absolute atomic E-state index is 0.0373. The van der Waals surface area contributed by atoms with Crippen LogP contribution in [-0.2, 0) is 33.8 Å². The van der Waals surface area contributed by atoms with Gasteiger partial charge in [-0.05, 0) is 32.0 Å². The molecule has 1 aromatic carbocycles. The Labute approximate surface area is 194 Å². The Morgan fingerprint density at radius 1 is 1.03 bits per heavy atom. The number of carbonyl (C=O) groups is 1. The molecular formula is C23H35F3O6Si. The molecule has 0 radical (unpaired) electrons. The van der Waals surface area contributed by atoms with Crippen LogP contribution < -0.4 is 0 Å². The van der Waals surface area contributed by atoms with Gasteiger partial charge in [-0.1, -0.05) is 51.1 Å². The van der Waals surface area contributed by atoms with E-state index in [2.05, 4.69) is 33.9 Å². The summed E-state index contributed by atoms with van der Waals surface area (Å²) < 4.78 is 70.1. The summed E-state index contributed by atoms with van der Waals surface area (Å²) >= 11 is 0. The van der Waals surface area contributed by atoms with Crippen molar-refractivity contribution < 1.29 is 41.3 Å². The summed E-state index contributed by atoms with van der Waals surface area (Å²) in [6, 6.07) is 6.68. The molecule has 0 spiro atoms. The van der Waals surface area contributed by atoms with Crippen LogP contribution in [-0.4, -0.2) is 58.8 Å². The molecule has 3 atom stereocenters. The monoisotopic (exact) mass is 492 g/mol. The second-order valence-corrected chi connectivity index (χ2v) is 14.9. The van der Waals surface area contributed by atoms with E-state index in [1.165, 1.54) is 24.3 Å². The maximum absolute atomic E-state index is 14.1. The number of alkyl halides is 3. The predicted octanol–water partition coefficient (Wildman–Crippen LogP) is 5.18. The van der Waals surface area contributed by atoms with E-state index < -0.39 is 50.7 Å². The van der Waals surface area contributed by atoms with E-state index in [4.69, 9.17) is 23.4 Å². The number of carbonyl (C=O) groups excluding carboxylic acids is 1. The van der Waals surface area contributed by atoms with Gasteiger partial charge in [0, 0.05) is 12.7 Å². The fourth-order valence-electron chi connectivity index (χ4n) is 3.34. The van der Waals surface area contributed by atoms with E-state index in [1.807, 2.05) is 0 Å². The van der Waals surface area contributed by atoms with Crippen molar-refractivity contribution in [2.24, 2.45) is 0 Å². The Kier molecular flexibility index (Phi) is 8.13. The molecule has 33 heavy (non-hydrogen) atoms. The first kappa shape index (κ1) is 27.8. The first-order valence-electron chi connectivity index (χ1n) is 10.8. The van der Waals surface area contributed by atoms with Gasteiger partial charge in [-0.25, -0.2) is 4.79 Å². The van der Waals surface area contributed by atoms with Gasteiger partial charge < -0.3 is 23.4 Å². The first-order chi connectivity index (χ1) is 15.0. The van der Waals surface area contributed by atoms with E-state index >= 15 is 0 Å². The molecule has 1 aromatic rings. The highest BCUT2D eigenvalue weighted by Crippen LogP contribution is 2.43. The Balaban J connectivity index is 2.19. The molecule has 1 aliphatic rings. The summed E-state index contributed by atoms with van der Waals surface area (Å²) in [5, 5.41) is -0.0373. The van der Waals surface area contributed by atoms with E-state index in [9.17, 15) is 18.0 Å². The molecule has 188 valence electrons. The smallest absolute Gasteiger partial charge is 0.432 e. The number of esters is 1. The molecule has 0 aromatic heterocycles. The maximum atomic E-state index is 14.1. The van der Waals surface area contributed by atoms with Crippen molar-refractivity contribution in [3.05, 3.63) is 35.9 Å². The molecule has 1 aliphatic heterocycles. The second kappa shape index (κ2) is 9.65. The Morgan fingerprint density at radius 2 is 1.55 bits per heavy atom. The molecule has 2 rings (SSSR count). The zero-order valence-electron chi connectivity index (χ0n) is 20.5. The van der Waals surface area contributed by atoms with Crippen LogP contribution in [0.3, 0.4) is 0 Å². The quantitative estimate of drug-likeness (QED) is 0.368. The summed E-state index contributed by atoms with van der Waals surface area (Å²) in [6.45, 7) is 13.6. The first-order valence-corrected chi connectivity index (χ1v) is 13.7. The van der Waals surface area contributed by atoms with Crippen molar-refractivity contribution in [2.45, 2.75) is 82.5 Å². The van der Waals surface area contributed by atoms with Crippen LogP contribution in [0.5, 0.6) is 0 Å². The highest BCUT2D eigenvalue weighted by Gasteiger charge is 2.64. The molecule has 1 saturated heterocycles. The van der Waals surface area contributed by atoms with Gasteiger partial charge in [-0.3, -0.25) is 0 Å². The molecule has 10 heteroatoms. The minimum atomic E-state index is -5.04. The van der Waals surface area contributed by atoms with Gasteiger partial charge in [0.25, 0.3) is 5.60 Å². The van der Waals surface area contributed by atoms with Crippen LogP contribution in [0.15, 0.2) is 30.3 Å². The van der Waals surface area contributed by atoms with Gasteiger partial charge in [-0.2, -0.15) is 13.2 Å². The topological polar surface area (TPSA) is 63.2 Å². The normalized spacial score (nSPS) is 23.2. The molecule has 1 heterocycles. The third-order valence-corrected chi connectivity index (χ3v) is 10.8. The van der Waals surface area contributed by atoms with Crippen LogP contribution in [0.2, 0.25) is 18.1 Å². The molecule has 0 N–H and O–H groups in total. The number of methoxy groups -OCH3 is 1. The van der Waals surface area contributed by atoms with Gasteiger partial charge in [0.2, 0.25) is 0 Å². The lowest BCUT2D eigenvalue weighted by molar-refractivity contribution is -0.277. The van der Waals surface area contributed by atoms with Gasteiger partial charge >= 0.3 is 12.1 Å². The second-order valence-electron chi connectivity index (χ2n) is 10.1. The average molecular weight is 493 g/mol. The predicted molar refractivity (Wildman–Crippen MR) is 119 cm³/mol. The number of halogens is 3. The van der Waals surface area contributed by atoms with Gasteiger partial charge in [0.15, 0.2) is 14.1 Å². The van der Waals surface area contributed by atoms with Crippen molar-refractivity contribution in [3.63, 3.8) is 0 Å². The largest absolute Gasteiger partial charge is 0.460 e. The van der Waals surface area contributed by atoms with Crippen molar-refractivity contribution in [2.75, 3.05) is 20.3 Å². The number of rotatable bonds is 8. The van der Waals surface area contributed by atoms with Crippen LogP contribution in [0.25, 0.3) is 0 Å². The number of hydrogen-bond acceptors (Lipinski definition) is 6. The Morgan fingerprint density at radius 3 is 2.00 bits per heavy atom. The van der Waals surface area contributed by atoms with Gasteiger partial charge in [-0.15, -0.1) is 0 Å². The van der Waals surface area contributed by atoms with Crippen LogP contribution in [0.1, 0.15) is 40.2 Å². The van der Waals surface area contributed by atoms with Crippen molar-refractivity contribution in [3.8, 4) is 0 Å². The Hall–Kier alpha value is -1.46. The molecule has 1 fully saturated rings. The van der Waals surface area contributed by atoms with Crippen LogP contribution >= 0.6 is 0 Å². The lowest BCUT2D eigenvalue weighted by atomic mass is 9.92. The third kappa shape index (κ3) is 5.97. The van der Waals surface area contributed by atoms with E-state index in [1.54, 1.807) is 19.9 Å². The van der Waals surface area contributed by atoms with Gasteiger partial charge in [0.05, 0.1) is 6.61 Å². The average Bonchev–Trinajstić information content (AvgIpc) is 2.98. The van der Waals surface area contributed by atoms with E-state index in [0.717, 1.165) is 7.11 Å². The SMILES string of the molecule is CO[C@](C(=O)OC[C@H]1OC(C)(C)O[C@@H]1CO[Si](C)(C)C(C)(C)C)(c1ccccc1)C(F)(F)F. The lowest BCUT2D eigenvalue weighted by Gasteiger charge is -2.37. The maximum Gasteiger partial charge on any atom is 0.432 e. The highest BCUT2D eigenvalue weighted by atomic mass is 28.4. The van der Waals surface area contributed by atoms with Gasteiger partial charge in [0.1, 0.15) is 18.8 Å². The molecule has 0 amide bonds. The van der Waals surface area contributed by atoms with Crippen LogP contribution in [0, 0.1) is 0 Å². The fourth-order valence-corrected chi connectivity index (χ4v) is 4.36. The summed E-state index contributed by atoms with van der Waals surface area (Å²) in [7, 11) is -1.28. The summed E-state index contributed by atoms with van der Waals surface area (Å²) in [4.78, 5) is 12.8. The molecule has 0 aliphatic carbocycles. The summed E-state index contributed by atoms with van der Waals surface area (Å²) in [5.74, 6) is -2.57. The van der Waals surface area contributed by atoms with E-state index in [-0.39, 0.29) is 17.2 Å². The Bertz CT molecular complexity index is 807. The van der Waals surface area contributed by atoms with Crippen molar-refractivity contribution in [1.82, 2.24) is 0 Å². The zero-order chi connectivity index (χ0) is 25.3. The molecule has 6 nitrogen and oxygen atoms in total. The van der Waals surface area contributed by atoms with E-state index in [0.29, 0.717) is 0 Å². The molecule has 0 unspecified atom stereocenters. The summed E-state index contributed by atoms with van der Waals surface area (Å²) in [5.41, 5.74) is -3.62. The van der Waals surface area contributed by atoms with Crippen molar-refractivity contribution in [1.29, 1.82) is 0 Å². The number of ether oxygens (including phenoxy) is 4. The molecular weight excluding hydrogens is 457 g/mol. The molecule has 0 saturated carbocycles. The number of benzene rings is 1. The highest BCUT2D eigenvalue weighted by molar-refractivity contribution is 6.74. The fraction of sp³-hybridized carbons (Fsp3) is 0.696. The van der Waals surface area contributed by atoms with Crippen molar-refractivity contribution >= 4 is 14.3 Å². The third-order valence-electron chi connectivity index (χ3n) is 6.25. The number of hydrogen-bond donors (Lipinski definition) is 0. The van der Waals surface area contributed by atoms with Crippen LogP contribution in [0.4, 0.5) is 13.2 Å².